The molecule has 5 rings (SSSR count). The lowest BCUT2D eigenvalue weighted by atomic mass is 10.3. The van der Waals surface area contributed by atoms with Crippen molar-refractivity contribution in [2.75, 3.05) is 0 Å². The zero-order valence-corrected chi connectivity index (χ0v) is 18.6. The fourth-order valence-corrected chi connectivity index (χ4v) is 6.38. The molecule has 0 spiro atoms. The smallest absolute Gasteiger partial charge is 0.289 e. The van der Waals surface area contributed by atoms with Crippen LogP contribution in [0.2, 0.25) is 0 Å². The number of fused-ring (bicyclic) bond motifs is 2. The van der Waals surface area contributed by atoms with Gasteiger partial charge in [0.2, 0.25) is 0 Å². The van der Waals surface area contributed by atoms with E-state index in [2.05, 4.69) is 32.0 Å². The standard InChI is InChI=1S/C20H12BrN3OS3/c1-24-13-7-6-11(21)10-17(13)28-20(24)23-18(25)15-8-9-16(26-15)19-22-12-4-2-3-5-14(12)27-19/h2-10H,1H3. The lowest BCUT2D eigenvalue weighted by molar-refractivity contribution is 0.100. The molecule has 0 saturated heterocycles. The molecule has 0 aliphatic rings. The van der Waals surface area contributed by atoms with Crippen LogP contribution in [0.5, 0.6) is 0 Å². The van der Waals surface area contributed by atoms with Gasteiger partial charge in [0.05, 0.1) is 30.2 Å². The maximum atomic E-state index is 12.7. The van der Waals surface area contributed by atoms with Gasteiger partial charge in [-0.05, 0) is 42.5 Å². The molecule has 0 saturated carbocycles. The Hall–Kier alpha value is -2.13. The summed E-state index contributed by atoms with van der Waals surface area (Å²) in [6, 6.07) is 17.9. The van der Waals surface area contributed by atoms with Gasteiger partial charge in [-0.2, -0.15) is 4.99 Å². The third-order valence-electron chi connectivity index (χ3n) is 4.29. The number of para-hydroxylation sites is 1. The maximum absolute atomic E-state index is 12.7. The van der Waals surface area contributed by atoms with Crippen LogP contribution < -0.4 is 4.80 Å². The number of carbonyl (C=O) groups is 1. The largest absolute Gasteiger partial charge is 0.319 e. The van der Waals surface area contributed by atoms with Crippen LogP contribution in [0.25, 0.3) is 30.3 Å². The Kier molecular flexibility index (Phi) is 4.51. The summed E-state index contributed by atoms with van der Waals surface area (Å²) in [5.41, 5.74) is 2.04. The van der Waals surface area contributed by atoms with Gasteiger partial charge in [0, 0.05) is 11.5 Å². The normalized spacial score (nSPS) is 12.3. The van der Waals surface area contributed by atoms with Crippen molar-refractivity contribution in [3.63, 3.8) is 0 Å². The molecule has 28 heavy (non-hydrogen) atoms. The summed E-state index contributed by atoms with van der Waals surface area (Å²) in [4.78, 5) is 24.1. The van der Waals surface area contributed by atoms with Gasteiger partial charge in [-0.3, -0.25) is 4.79 Å². The van der Waals surface area contributed by atoms with E-state index in [9.17, 15) is 4.79 Å². The molecule has 0 atom stereocenters. The Balaban J connectivity index is 1.51. The Labute approximate surface area is 180 Å². The second kappa shape index (κ2) is 7.04. The number of nitrogens with zero attached hydrogens (tertiary/aromatic N) is 3. The van der Waals surface area contributed by atoms with Crippen LogP contribution in [-0.2, 0) is 7.05 Å². The SMILES string of the molecule is Cn1c(=NC(=O)c2ccc(-c3nc4ccccc4s3)s2)sc2cc(Br)ccc21. The van der Waals surface area contributed by atoms with E-state index >= 15 is 0 Å². The highest BCUT2D eigenvalue weighted by molar-refractivity contribution is 9.10. The molecule has 1 amide bonds. The Morgan fingerprint density at radius 3 is 2.75 bits per heavy atom. The van der Waals surface area contributed by atoms with E-state index in [1.165, 1.54) is 22.7 Å². The fourth-order valence-electron chi connectivity index (χ4n) is 2.90. The minimum Gasteiger partial charge on any atom is -0.319 e. The molecule has 3 aromatic heterocycles. The number of thiophene rings is 1. The Morgan fingerprint density at radius 1 is 1.04 bits per heavy atom. The van der Waals surface area contributed by atoms with Crippen LogP contribution in [0.1, 0.15) is 9.67 Å². The highest BCUT2D eigenvalue weighted by Crippen LogP contribution is 2.34. The van der Waals surface area contributed by atoms with Gasteiger partial charge in [0.15, 0.2) is 4.80 Å². The number of rotatable bonds is 2. The van der Waals surface area contributed by atoms with E-state index in [1.807, 2.05) is 60.1 Å². The minimum atomic E-state index is -0.224. The van der Waals surface area contributed by atoms with Gasteiger partial charge in [0.25, 0.3) is 5.91 Å². The molecule has 0 unspecified atom stereocenters. The summed E-state index contributed by atoms with van der Waals surface area (Å²) in [5.74, 6) is -0.224. The Bertz CT molecular complexity index is 1390. The highest BCUT2D eigenvalue weighted by Gasteiger charge is 2.13. The molecule has 2 aromatic carbocycles. The first kappa shape index (κ1) is 17.9. The van der Waals surface area contributed by atoms with Crippen LogP contribution in [0, 0.1) is 0 Å². The predicted molar refractivity (Wildman–Crippen MR) is 121 cm³/mol. The number of halogens is 1. The Morgan fingerprint density at radius 2 is 1.89 bits per heavy atom. The molecule has 0 bridgehead atoms. The van der Waals surface area contributed by atoms with Crippen molar-refractivity contribution in [3.05, 3.63) is 68.7 Å². The first-order valence-corrected chi connectivity index (χ1v) is 11.6. The average molecular weight is 486 g/mol. The van der Waals surface area contributed by atoms with E-state index in [0.717, 1.165) is 34.8 Å². The quantitative estimate of drug-likeness (QED) is 0.304. The summed E-state index contributed by atoms with van der Waals surface area (Å²) in [6.07, 6.45) is 0. The van der Waals surface area contributed by atoms with Gasteiger partial charge >= 0.3 is 0 Å². The number of aromatic nitrogens is 2. The molecular weight excluding hydrogens is 474 g/mol. The summed E-state index contributed by atoms with van der Waals surface area (Å²) in [6.45, 7) is 0. The summed E-state index contributed by atoms with van der Waals surface area (Å²) >= 11 is 8.07. The van der Waals surface area contributed by atoms with Gasteiger partial charge < -0.3 is 4.57 Å². The molecule has 0 aliphatic heterocycles. The number of thiazole rings is 2. The van der Waals surface area contributed by atoms with E-state index in [1.54, 1.807) is 11.3 Å². The topological polar surface area (TPSA) is 47.2 Å². The number of aryl methyl sites for hydroxylation is 1. The third kappa shape index (κ3) is 3.16. The lowest BCUT2D eigenvalue weighted by Gasteiger charge is -1.95. The maximum Gasteiger partial charge on any atom is 0.289 e. The van der Waals surface area contributed by atoms with Crippen molar-refractivity contribution >= 4 is 76.3 Å². The van der Waals surface area contributed by atoms with E-state index in [4.69, 9.17) is 0 Å². The zero-order chi connectivity index (χ0) is 19.3. The number of hydrogen-bond donors (Lipinski definition) is 0. The number of carbonyl (C=O) groups excluding carboxylic acids is 1. The van der Waals surface area contributed by atoms with Crippen LogP contribution in [0.15, 0.2) is 64.1 Å². The van der Waals surface area contributed by atoms with Gasteiger partial charge in [-0.25, -0.2) is 4.98 Å². The predicted octanol–water partition coefficient (Wildman–Crippen LogP) is 6.08. The first-order chi connectivity index (χ1) is 13.6. The first-order valence-electron chi connectivity index (χ1n) is 8.38. The van der Waals surface area contributed by atoms with Crippen molar-refractivity contribution < 1.29 is 4.79 Å². The van der Waals surface area contributed by atoms with Gasteiger partial charge in [-0.15, -0.1) is 22.7 Å². The summed E-state index contributed by atoms with van der Waals surface area (Å²) in [7, 11) is 1.93. The van der Waals surface area contributed by atoms with Gasteiger partial charge in [0.1, 0.15) is 5.01 Å². The summed E-state index contributed by atoms with van der Waals surface area (Å²) < 4.78 is 5.20. The van der Waals surface area contributed by atoms with Crippen LogP contribution >= 0.6 is 49.9 Å². The third-order valence-corrected chi connectivity index (χ3v) is 8.16. The van der Waals surface area contributed by atoms with E-state index < -0.39 is 0 Å². The number of amides is 1. The molecule has 0 radical (unpaired) electrons. The fraction of sp³-hybridized carbons (Fsp3) is 0.0500. The number of benzene rings is 2. The van der Waals surface area contributed by atoms with Crippen LogP contribution in [-0.4, -0.2) is 15.5 Å². The van der Waals surface area contributed by atoms with E-state index in [0.29, 0.717) is 9.68 Å². The summed E-state index contributed by atoms with van der Waals surface area (Å²) in [5, 5.41) is 0.933. The molecular formula is C20H12BrN3OS3. The molecule has 8 heteroatoms. The lowest BCUT2D eigenvalue weighted by Crippen LogP contribution is -2.12. The van der Waals surface area contributed by atoms with Crippen molar-refractivity contribution in [2.45, 2.75) is 0 Å². The second-order valence-corrected chi connectivity index (χ2v) is 10.2. The van der Waals surface area contributed by atoms with Gasteiger partial charge in [-0.1, -0.05) is 39.4 Å². The minimum absolute atomic E-state index is 0.224. The van der Waals surface area contributed by atoms with Crippen molar-refractivity contribution in [1.82, 2.24) is 9.55 Å². The average Bonchev–Trinajstić information content (AvgIpc) is 3.39. The monoisotopic (exact) mass is 485 g/mol. The van der Waals surface area contributed by atoms with Crippen molar-refractivity contribution in [2.24, 2.45) is 12.0 Å². The molecule has 4 nitrogen and oxygen atoms in total. The second-order valence-electron chi connectivity index (χ2n) is 6.12. The molecule has 3 heterocycles. The van der Waals surface area contributed by atoms with E-state index in [-0.39, 0.29) is 5.91 Å². The van der Waals surface area contributed by atoms with Crippen LogP contribution in [0.3, 0.4) is 0 Å². The highest BCUT2D eigenvalue weighted by atomic mass is 79.9. The molecule has 138 valence electrons. The molecule has 5 aromatic rings. The number of hydrogen-bond acceptors (Lipinski definition) is 5. The van der Waals surface area contributed by atoms with Crippen molar-refractivity contribution in [1.29, 1.82) is 0 Å². The molecule has 0 N–H and O–H groups in total. The molecule has 0 fully saturated rings. The van der Waals surface area contributed by atoms with Crippen molar-refractivity contribution in [3.8, 4) is 9.88 Å². The van der Waals surface area contributed by atoms with Crippen LogP contribution in [0.4, 0.5) is 0 Å². The molecule has 0 aliphatic carbocycles. The zero-order valence-electron chi connectivity index (χ0n) is 14.5.